The van der Waals surface area contributed by atoms with E-state index in [0.717, 1.165) is 0 Å². The van der Waals surface area contributed by atoms with Crippen molar-refractivity contribution in [1.82, 2.24) is 10.6 Å². The highest BCUT2D eigenvalue weighted by Gasteiger charge is 2.28. The van der Waals surface area contributed by atoms with Gasteiger partial charge in [-0.05, 0) is 6.42 Å². The topological polar surface area (TPSA) is 78.4 Å². The zero-order valence-electron chi connectivity index (χ0n) is 7.89. The van der Waals surface area contributed by atoms with Crippen LogP contribution in [0.3, 0.4) is 0 Å². The predicted octanol–water partition coefficient (Wildman–Crippen LogP) is 0.711. The summed E-state index contributed by atoms with van der Waals surface area (Å²) in [5.74, 6) is -1.29. The van der Waals surface area contributed by atoms with E-state index in [4.69, 9.17) is 5.11 Å². The molecule has 0 fully saturated rings. The Morgan fingerprint density at radius 3 is 2.27 bits per heavy atom. The van der Waals surface area contributed by atoms with Gasteiger partial charge in [-0.15, -0.1) is 0 Å². The highest BCUT2D eigenvalue weighted by Crippen LogP contribution is 2.11. The van der Waals surface area contributed by atoms with Gasteiger partial charge in [-0.1, -0.05) is 6.92 Å². The Kier molecular flexibility index (Phi) is 4.89. The first-order valence-electron chi connectivity index (χ1n) is 4.10. The number of rotatable bonds is 4. The number of halogens is 3. The van der Waals surface area contributed by atoms with Gasteiger partial charge >= 0.3 is 18.2 Å². The van der Waals surface area contributed by atoms with Crippen molar-refractivity contribution in [3.63, 3.8) is 0 Å². The van der Waals surface area contributed by atoms with E-state index in [2.05, 4.69) is 0 Å². The van der Waals surface area contributed by atoms with Crippen LogP contribution in [-0.4, -0.2) is 35.9 Å². The molecular formula is C7H11F3N2O3. The first-order chi connectivity index (χ1) is 6.76. The van der Waals surface area contributed by atoms with Gasteiger partial charge in [0.1, 0.15) is 12.6 Å². The van der Waals surface area contributed by atoms with Crippen molar-refractivity contribution < 1.29 is 27.9 Å². The molecule has 0 radical (unpaired) electrons. The van der Waals surface area contributed by atoms with Crippen LogP contribution in [-0.2, 0) is 4.79 Å². The Bertz CT molecular complexity index is 242. The van der Waals surface area contributed by atoms with Crippen LogP contribution in [0.25, 0.3) is 0 Å². The molecule has 1 unspecified atom stereocenters. The molecule has 88 valence electrons. The van der Waals surface area contributed by atoms with Crippen molar-refractivity contribution in [1.29, 1.82) is 0 Å². The number of hydrogen-bond acceptors (Lipinski definition) is 2. The van der Waals surface area contributed by atoms with Gasteiger partial charge < -0.3 is 15.7 Å². The van der Waals surface area contributed by atoms with Crippen LogP contribution in [0.1, 0.15) is 13.3 Å². The molecule has 0 rings (SSSR count). The molecule has 2 amide bonds. The molecule has 0 heterocycles. The van der Waals surface area contributed by atoms with Crippen LogP contribution < -0.4 is 10.6 Å². The summed E-state index contributed by atoms with van der Waals surface area (Å²) in [5, 5.41) is 11.9. The average Bonchev–Trinajstić information content (AvgIpc) is 2.09. The molecule has 8 heteroatoms. The van der Waals surface area contributed by atoms with Gasteiger partial charge in [0, 0.05) is 0 Å². The summed E-state index contributed by atoms with van der Waals surface area (Å²) in [6.45, 7) is -0.00227. The van der Waals surface area contributed by atoms with Gasteiger partial charge in [0.15, 0.2) is 0 Å². The van der Waals surface area contributed by atoms with Crippen molar-refractivity contribution >= 4 is 12.0 Å². The molecule has 3 N–H and O–H groups in total. The zero-order valence-corrected chi connectivity index (χ0v) is 7.89. The number of carboxylic acids is 1. The maximum absolute atomic E-state index is 11.6. The van der Waals surface area contributed by atoms with Crippen molar-refractivity contribution in [3.05, 3.63) is 0 Å². The lowest BCUT2D eigenvalue weighted by Crippen LogP contribution is -2.47. The standard InChI is InChI=1S/C7H11F3N2O3/c1-2-4(5(13)14)12-6(15)11-3-7(8,9)10/h4H,2-3H2,1H3,(H,13,14)(H2,11,12,15). The highest BCUT2D eigenvalue weighted by atomic mass is 19.4. The summed E-state index contributed by atoms with van der Waals surface area (Å²) >= 11 is 0. The Balaban J connectivity index is 3.98. The van der Waals surface area contributed by atoms with Crippen molar-refractivity contribution in [2.75, 3.05) is 6.54 Å². The third-order valence-electron chi connectivity index (χ3n) is 1.46. The number of carbonyl (C=O) groups excluding carboxylic acids is 1. The Morgan fingerprint density at radius 1 is 1.40 bits per heavy atom. The molecule has 1 atom stereocenters. The van der Waals surface area contributed by atoms with Crippen LogP contribution in [0.5, 0.6) is 0 Å². The van der Waals surface area contributed by atoms with Gasteiger partial charge in [-0.3, -0.25) is 0 Å². The minimum Gasteiger partial charge on any atom is -0.480 e. The van der Waals surface area contributed by atoms with E-state index in [9.17, 15) is 22.8 Å². The van der Waals surface area contributed by atoms with E-state index in [-0.39, 0.29) is 6.42 Å². The maximum Gasteiger partial charge on any atom is 0.405 e. The van der Waals surface area contributed by atoms with Crippen molar-refractivity contribution in [3.8, 4) is 0 Å². The maximum atomic E-state index is 11.6. The summed E-state index contributed by atoms with van der Waals surface area (Å²) in [5.41, 5.74) is 0. The third-order valence-corrected chi connectivity index (χ3v) is 1.46. The number of carbonyl (C=O) groups is 2. The summed E-state index contributed by atoms with van der Waals surface area (Å²) in [4.78, 5) is 21.2. The first kappa shape index (κ1) is 13.5. The number of urea groups is 1. The Hall–Kier alpha value is -1.47. The van der Waals surface area contributed by atoms with E-state index < -0.39 is 30.8 Å². The summed E-state index contributed by atoms with van der Waals surface area (Å²) in [6.07, 6.45) is -4.42. The van der Waals surface area contributed by atoms with E-state index in [0.29, 0.717) is 0 Å². The Labute approximate surface area is 83.6 Å². The molecule has 15 heavy (non-hydrogen) atoms. The summed E-state index contributed by atoms with van der Waals surface area (Å²) in [6, 6.07) is -2.33. The molecule has 0 aliphatic heterocycles. The number of alkyl halides is 3. The average molecular weight is 228 g/mol. The van der Waals surface area contributed by atoms with Crippen molar-refractivity contribution in [2.24, 2.45) is 0 Å². The molecule has 0 aromatic rings. The highest BCUT2D eigenvalue weighted by molar-refractivity contribution is 5.82. The molecule has 0 bridgehead atoms. The van der Waals surface area contributed by atoms with Crippen LogP contribution in [0, 0.1) is 0 Å². The van der Waals surface area contributed by atoms with Crippen LogP contribution in [0.4, 0.5) is 18.0 Å². The monoisotopic (exact) mass is 228 g/mol. The fourth-order valence-electron chi connectivity index (χ4n) is 0.728. The normalized spacial score (nSPS) is 13.1. The third kappa shape index (κ3) is 6.58. The predicted molar refractivity (Wildman–Crippen MR) is 44.3 cm³/mol. The van der Waals surface area contributed by atoms with Crippen LogP contribution in [0.2, 0.25) is 0 Å². The minimum atomic E-state index is -4.51. The number of nitrogens with one attached hydrogen (secondary N) is 2. The Morgan fingerprint density at radius 2 is 1.93 bits per heavy atom. The van der Waals surface area contributed by atoms with E-state index in [1.165, 1.54) is 12.2 Å². The second-order valence-electron chi connectivity index (χ2n) is 2.74. The summed E-state index contributed by atoms with van der Waals surface area (Å²) < 4.78 is 34.9. The van der Waals surface area contributed by atoms with Crippen LogP contribution >= 0.6 is 0 Å². The lowest BCUT2D eigenvalue weighted by Gasteiger charge is -2.13. The molecule has 5 nitrogen and oxygen atoms in total. The van der Waals surface area contributed by atoms with Gasteiger partial charge in [-0.2, -0.15) is 13.2 Å². The smallest absolute Gasteiger partial charge is 0.405 e. The van der Waals surface area contributed by atoms with E-state index >= 15 is 0 Å². The van der Waals surface area contributed by atoms with Crippen LogP contribution in [0.15, 0.2) is 0 Å². The fraction of sp³-hybridized carbons (Fsp3) is 0.714. The summed E-state index contributed by atoms with van der Waals surface area (Å²) in [7, 11) is 0. The van der Waals surface area contributed by atoms with Gasteiger partial charge in [0.05, 0.1) is 0 Å². The molecular weight excluding hydrogens is 217 g/mol. The van der Waals surface area contributed by atoms with Gasteiger partial charge in [-0.25, -0.2) is 9.59 Å². The minimum absolute atomic E-state index is 0.0920. The molecule has 0 saturated carbocycles. The molecule has 0 aromatic carbocycles. The van der Waals surface area contributed by atoms with E-state index in [1.54, 1.807) is 0 Å². The van der Waals surface area contributed by atoms with Crippen molar-refractivity contribution in [2.45, 2.75) is 25.6 Å². The SMILES string of the molecule is CCC(NC(=O)NCC(F)(F)F)C(=O)O. The lowest BCUT2D eigenvalue weighted by molar-refractivity contribution is -0.139. The first-order valence-corrected chi connectivity index (χ1v) is 4.10. The quantitative estimate of drug-likeness (QED) is 0.663. The second-order valence-corrected chi connectivity index (χ2v) is 2.74. The second kappa shape index (κ2) is 5.42. The molecule has 0 aliphatic rings. The molecule has 0 spiro atoms. The number of amides is 2. The molecule has 0 aromatic heterocycles. The fourth-order valence-corrected chi connectivity index (χ4v) is 0.728. The molecule has 0 aliphatic carbocycles. The zero-order chi connectivity index (χ0) is 12.1. The van der Waals surface area contributed by atoms with E-state index in [1.807, 2.05) is 5.32 Å². The number of aliphatic carboxylic acids is 1. The van der Waals surface area contributed by atoms with Gasteiger partial charge in [0.2, 0.25) is 0 Å². The van der Waals surface area contributed by atoms with Gasteiger partial charge in [0.25, 0.3) is 0 Å². The number of carboxylic acid groups (broad SMARTS) is 1. The largest absolute Gasteiger partial charge is 0.480 e. The number of hydrogen-bond donors (Lipinski definition) is 3. The lowest BCUT2D eigenvalue weighted by atomic mass is 10.2. The molecule has 0 saturated heterocycles.